The molecule has 118 valence electrons. The highest BCUT2D eigenvalue weighted by Gasteiger charge is 2.36. The highest BCUT2D eigenvalue weighted by atomic mass is 16.5. The molecule has 2 atom stereocenters. The van der Waals surface area contributed by atoms with Crippen molar-refractivity contribution in [2.45, 2.75) is 65.5 Å². The highest BCUT2D eigenvalue weighted by Crippen LogP contribution is 2.29. The van der Waals surface area contributed by atoms with E-state index in [9.17, 15) is 0 Å². The van der Waals surface area contributed by atoms with E-state index in [-0.39, 0.29) is 0 Å². The number of hydrogen-bond donors (Lipinski definition) is 1. The molecule has 20 heavy (non-hydrogen) atoms. The summed E-state index contributed by atoms with van der Waals surface area (Å²) >= 11 is 0. The molecule has 0 amide bonds. The van der Waals surface area contributed by atoms with Crippen LogP contribution in [0.3, 0.4) is 0 Å². The first-order valence-electron chi connectivity index (χ1n) is 8.56. The van der Waals surface area contributed by atoms with Gasteiger partial charge in [-0.1, -0.05) is 34.1 Å². The van der Waals surface area contributed by atoms with Gasteiger partial charge in [0.15, 0.2) is 0 Å². The molecule has 0 spiro atoms. The Morgan fingerprint density at radius 2 is 1.90 bits per heavy atom. The fraction of sp³-hybridized carbons (Fsp3) is 1.00. The van der Waals surface area contributed by atoms with Crippen molar-refractivity contribution in [3.63, 3.8) is 0 Å². The molecule has 2 rings (SSSR count). The Balaban J connectivity index is 1.97. The molecule has 0 saturated carbocycles. The molecule has 2 saturated heterocycles. The minimum absolute atomic E-state index is 0.356. The number of ether oxygens (including phenoxy) is 1. The predicted octanol–water partition coefficient (Wildman–Crippen LogP) is 2.90. The van der Waals surface area contributed by atoms with E-state index in [2.05, 4.69) is 37.9 Å². The summed E-state index contributed by atoms with van der Waals surface area (Å²) in [7, 11) is 0. The predicted molar refractivity (Wildman–Crippen MR) is 85.1 cm³/mol. The number of piperazine rings is 1. The van der Waals surface area contributed by atoms with Crippen molar-refractivity contribution in [3.05, 3.63) is 0 Å². The zero-order valence-corrected chi connectivity index (χ0v) is 14.0. The van der Waals surface area contributed by atoms with Gasteiger partial charge in [-0.15, -0.1) is 0 Å². The van der Waals surface area contributed by atoms with Gasteiger partial charge in [0.25, 0.3) is 0 Å². The van der Waals surface area contributed by atoms with Crippen molar-refractivity contribution in [1.82, 2.24) is 10.2 Å². The van der Waals surface area contributed by atoms with Crippen LogP contribution in [0.25, 0.3) is 0 Å². The smallest absolute Gasteiger partial charge is 0.0469 e. The minimum atomic E-state index is 0.356. The second-order valence-electron chi connectivity index (χ2n) is 7.79. The van der Waals surface area contributed by atoms with Crippen LogP contribution in [-0.4, -0.2) is 49.8 Å². The van der Waals surface area contributed by atoms with Crippen LogP contribution in [-0.2, 0) is 4.74 Å². The Hall–Kier alpha value is -0.120. The van der Waals surface area contributed by atoms with Crippen LogP contribution in [0, 0.1) is 11.3 Å². The van der Waals surface area contributed by atoms with E-state index in [1.165, 1.54) is 38.8 Å². The maximum Gasteiger partial charge on any atom is 0.0469 e. The average molecular weight is 282 g/mol. The van der Waals surface area contributed by atoms with Gasteiger partial charge in [0, 0.05) is 44.9 Å². The summed E-state index contributed by atoms with van der Waals surface area (Å²) in [4.78, 5) is 2.78. The molecule has 0 aliphatic carbocycles. The zero-order chi connectivity index (χ0) is 14.6. The third kappa shape index (κ3) is 4.44. The standard InChI is InChI=1S/C17H34N2O/c1-5-6-15-13-19(12-14-7-9-20-10-8-14)16(11-18-15)17(2,3)4/h14-16,18H,5-13H2,1-4H3. The Morgan fingerprint density at radius 1 is 1.20 bits per heavy atom. The van der Waals surface area contributed by atoms with E-state index in [4.69, 9.17) is 4.74 Å². The van der Waals surface area contributed by atoms with Crippen molar-refractivity contribution in [2.75, 3.05) is 32.8 Å². The first-order valence-corrected chi connectivity index (χ1v) is 8.56. The van der Waals surface area contributed by atoms with Gasteiger partial charge in [-0.2, -0.15) is 0 Å². The van der Waals surface area contributed by atoms with Crippen LogP contribution in [0.4, 0.5) is 0 Å². The molecule has 2 fully saturated rings. The zero-order valence-electron chi connectivity index (χ0n) is 14.0. The largest absolute Gasteiger partial charge is 0.381 e. The van der Waals surface area contributed by atoms with Gasteiger partial charge >= 0.3 is 0 Å². The van der Waals surface area contributed by atoms with Crippen LogP contribution in [0.5, 0.6) is 0 Å². The fourth-order valence-electron chi connectivity index (χ4n) is 3.74. The van der Waals surface area contributed by atoms with Crippen molar-refractivity contribution in [1.29, 1.82) is 0 Å². The Morgan fingerprint density at radius 3 is 2.50 bits per heavy atom. The summed E-state index contributed by atoms with van der Waals surface area (Å²) in [5, 5.41) is 3.78. The van der Waals surface area contributed by atoms with Crippen LogP contribution in [0.1, 0.15) is 53.4 Å². The SMILES string of the molecule is CCCC1CN(CC2CCOCC2)C(C(C)(C)C)CN1. The summed E-state index contributed by atoms with van der Waals surface area (Å²) in [6.45, 7) is 15.0. The third-order valence-electron chi connectivity index (χ3n) is 4.97. The molecule has 0 bridgehead atoms. The van der Waals surface area contributed by atoms with Gasteiger partial charge in [0.2, 0.25) is 0 Å². The molecule has 1 N–H and O–H groups in total. The normalized spacial score (nSPS) is 30.6. The number of nitrogens with zero attached hydrogens (tertiary/aromatic N) is 1. The quantitative estimate of drug-likeness (QED) is 0.858. The molecule has 2 heterocycles. The summed E-state index contributed by atoms with van der Waals surface area (Å²) in [6.07, 6.45) is 5.09. The summed E-state index contributed by atoms with van der Waals surface area (Å²) in [5.41, 5.74) is 0.356. The number of hydrogen-bond acceptors (Lipinski definition) is 3. The summed E-state index contributed by atoms with van der Waals surface area (Å²) in [6, 6.07) is 1.36. The maximum atomic E-state index is 5.51. The number of nitrogens with one attached hydrogen (secondary N) is 1. The van der Waals surface area contributed by atoms with E-state index < -0.39 is 0 Å². The van der Waals surface area contributed by atoms with Gasteiger partial charge in [-0.05, 0) is 30.6 Å². The van der Waals surface area contributed by atoms with E-state index in [0.717, 1.165) is 25.7 Å². The second kappa shape index (κ2) is 7.24. The van der Waals surface area contributed by atoms with Gasteiger partial charge in [-0.3, -0.25) is 4.90 Å². The average Bonchev–Trinajstić information content (AvgIpc) is 2.39. The molecule has 2 unspecified atom stereocenters. The van der Waals surface area contributed by atoms with E-state index >= 15 is 0 Å². The molecular formula is C17H34N2O. The molecule has 0 radical (unpaired) electrons. The van der Waals surface area contributed by atoms with Crippen molar-refractivity contribution >= 4 is 0 Å². The van der Waals surface area contributed by atoms with Crippen molar-refractivity contribution < 1.29 is 4.74 Å². The van der Waals surface area contributed by atoms with Crippen molar-refractivity contribution in [2.24, 2.45) is 11.3 Å². The lowest BCUT2D eigenvalue weighted by Crippen LogP contribution is -2.61. The van der Waals surface area contributed by atoms with Gasteiger partial charge in [0.1, 0.15) is 0 Å². The van der Waals surface area contributed by atoms with Gasteiger partial charge in [-0.25, -0.2) is 0 Å². The van der Waals surface area contributed by atoms with E-state index in [1.54, 1.807) is 0 Å². The van der Waals surface area contributed by atoms with E-state index in [0.29, 0.717) is 17.5 Å². The van der Waals surface area contributed by atoms with Crippen LogP contribution >= 0.6 is 0 Å². The lowest BCUT2D eigenvalue weighted by Gasteiger charge is -2.48. The molecule has 0 aromatic heterocycles. The van der Waals surface area contributed by atoms with Gasteiger partial charge < -0.3 is 10.1 Å². The molecule has 3 heteroatoms. The Kier molecular flexibility index (Phi) is 5.88. The third-order valence-corrected chi connectivity index (χ3v) is 4.97. The highest BCUT2D eigenvalue weighted by molar-refractivity contribution is 4.93. The molecule has 0 aromatic rings. The van der Waals surface area contributed by atoms with Crippen LogP contribution < -0.4 is 5.32 Å². The molecular weight excluding hydrogens is 248 g/mol. The molecule has 3 nitrogen and oxygen atoms in total. The minimum Gasteiger partial charge on any atom is -0.381 e. The second-order valence-corrected chi connectivity index (χ2v) is 7.79. The fourth-order valence-corrected chi connectivity index (χ4v) is 3.74. The molecule has 2 aliphatic heterocycles. The van der Waals surface area contributed by atoms with Gasteiger partial charge in [0.05, 0.1) is 0 Å². The molecule has 2 aliphatic rings. The molecule has 0 aromatic carbocycles. The van der Waals surface area contributed by atoms with E-state index in [1.807, 2.05) is 0 Å². The monoisotopic (exact) mass is 282 g/mol. The first kappa shape index (κ1) is 16.3. The first-order chi connectivity index (χ1) is 9.50. The van der Waals surface area contributed by atoms with Crippen molar-refractivity contribution in [3.8, 4) is 0 Å². The maximum absolute atomic E-state index is 5.51. The van der Waals surface area contributed by atoms with Crippen LogP contribution in [0.2, 0.25) is 0 Å². The Bertz CT molecular complexity index is 281. The van der Waals surface area contributed by atoms with Crippen LogP contribution in [0.15, 0.2) is 0 Å². The summed E-state index contributed by atoms with van der Waals surface area (Å²) in [5.74, 6) is 0.842. The Labute approximate surface area is 125 Å². The summed E-state index contributed by atoms with van der Waals surface area (Å²) < 4.78 is 5.51. The number of rotatable bonds is 4. The topological polar surface area (TPSA) is 24.5 Å². The lowest BCUT2D eigenvalue weighted by molar-refractivity contribution is 0.00980. The lowest BCUT2D eigenvalue weighted by atomic mass is 9.82.